The van der Waals surface area contributed by atoms with Crippen LogP contribution in [-0.4, -0.2) is 18.0 Å². The normalized spacial score (nSPS) is 32.7. The largest absolute Gasteiger partial charge is 0.354 e. The van der Waals surface area contributed by atoms with E-state index in [0.717, 1.165) is 24.7 Å². The predicted octanol–water partition coefficient (Wildman–Crippen LogP) is 2.45. The van der Waals surface area contributed by atoms with Crippen molar-refractivity contribution in [2.45, 2.75) is 64.3 Å². The minimum atomic E-state index is -0.308. The van der Waals surface area contributed by atoms with Gasteiger partial charge in [-0.2, -0.15) is 0 Å². The highest BCUT2D eigenvalue weighted by Crippen LogP contribution is 2.42. The number of fused-ring (bicyclic) bond motifs is 1. The van der Waals surface area contributed by atoms with Gasteiger partial charge in [0.2, 0.25) is 5.91 Å². The van der Waals surface area contributed by atoms with Gasteiger partial charge in [-0.15, -0.1) is 0 Å². The summed E-state index contributed by atoms with van der Waals surface area (Å²) in [5.74, 6) is 2.20. The van der Waals surface area contributed by atoms with Crippen LogP contribution in [0.5, 0.6) is 0 Å². The molecule has 3 N–H and O–H groups in total. The lowest BCUT2D eigenvalue weighted by Gasteiger charge is -2.39. The van der Waals surface area contributed by atoms with Gasteiger partial charge in [-0.1, -0.05) is 25.7 Å². The Kier molecular flexibility index (Phi) is 4.31. The van der Waals surface area contributed by atoms with E-state index in [0.29, 0.717) is 6.54 Å². The van der Waals surface area contributed by atoms with Crippen LogP contribution in [0, 0.1) is 17.8 Å². The van der Waals surface area contributed by atoms with Gasteiger partial charge in [-0.25, -0.2) is 0 Å². The van der Waals surface area contributed by atoms with E-state index in [1.807, 2.05) is 13.8 Å². The van der Waals surface area contributed by atoms with Crippen LogP contribution in [-0.2, 0) is 4.79 Å². The summed E-state index contributed by atoms with van der Waals surface area (Å²) in [5, 5.41) is 3.02. The van der Waals surface area contributed by atoms with E-state index >= 15 is 0 Å². The Morgan fingerprint density at radius 3 is 2.50 bits per heavy atom. The van der Waals surface area contributed by atoms with Crippen molar-refractivity contribution in [1.82, 2.24) is 5.32 Å². The molecule has 0 aliphatic heterocycles. The van der Waals surface area contributed by atoms with Crippen molar-refractivity contribution in [2.75, 3.05) is 6.54 Å². The summed E-state index contributed by atoms with van der Waals surface area (Å²) in [6.45, 7) is 4.48. The molecule has 2 rings (SSSR count). The van der Waals surface area contributed by atoms with E-state index in [1.165, 1.54) is 32.1 Å². The number of amides is 1. The van der Waals surface area contributed by atoms with Crippen LogP contribution in [0.1, 0.15) is 58.8 Å². The fourth-order valence-corrected chi connectivity index (χ4v) is 3.57. The SMILES string of the molecule is CC(C)(N)CNC(=O)C1CCC2CCCCC2C1. The van der Waals surface area contributed by atoms with Crippen molar-refractivity contribution in [3.8, 4) is 0 Å². The van der Waals surface area contributed by atoms with Crippen LogP contribution >= 0.6 is 0 Å². The van der Waals surface area contributed by atoms with E-state index in [-0.39, 0.29) is 17.4 Å². The first-order valence-corrected chi connectivity index (χ1v) is 7.52. The number of carbonyl (C=O) groups excluding carboxylic acids is 1. The van der Waals surface area contributed by atoms with Crippen molar-refractivity contribution >= 4 is 5.91 Å². The first kappa shape index (κ1) is 13.9. The van der Waals surface area contributed by atoms with Gasteiger partial charge in [0.15, 0.2) is 0 Å². The monoisotopic (exact) mass is 252 g/mol. The van der Waals surface area contributed by atoms with Gasteiger partial charge in [0.25, 0.3) is 0 Å². The molecule has 3 unspecified atom stereocenters. The maximum absolute atomic E-state index is 12.2. The van der Waals surface area contributed by atoms with Crippen molar-refractivity contribution < 1.29 is 4.79 Å². The summed E-state index contributed by atoms with van der Waals surface area (Å²) < 4.78 is 0. The molecular formula is C15H28N2O. The Morgan fingerprint density at radius 2 is 1.83 bits per heavy atom. The lowest BCUT2D eigenvalue weighted by molar-refractivity contribution is -0.127. The van der Waals surface area contributed by atoms with Gasteiger partial charge >= 0.3 is 0 Å². The second-order valence-corrected chi connectivity index (χ2v) is 7.02. The lowest BCUT2D eigenvalue weighted by atomic mass is 9.67. The van der Waals surface area contributed by atoms with Gasteiger partial charge in [0.1, 0.15) is 0 Å². The zero-order chi connectivity index (χ0) is 13.2. The third-order valence-corrected chi connectivity index (χ3v) is 4.63. The molecule has 0 spiro atoms. The van der Waals surface area contributed by atoms with E-state index < -0.39 is 0 Å². The average molecular weight is 252 g/mol. The molecule has 0 saturated heterocycles. The number of rotatable bonds is 3. The van der Waals surface area contributed by atoms with E-state index in [9.17, 15) is 4.79 Å². The minimum absolute atomic E-state index is 0.234. The standard InChI is InChI=1S/C15H28N2O/c1-15(2,16)10-17-14(18)13-8-7-11-5-3-4-6-12(11)9-13/h11-13H,3-10,16H2,1-2H3,(H,17,18). The van der Waals surface area contributed by atoms with Crippen molar-refractivity contribution in [3.05, 3.63) is 0 Å². The van der Waals surface area contributed by atoms with Crippen molar-refractivity contribution in [3.63, 3.8) is 0 Å². The summed E-state index contributed by atoms with van der Waals surface area (Å²) in [6.07, 6.45) is 8.96. The second-order valence-electron chi connectivity index (χ2n) is 7.02. The molecule has 2 fully saturated rings. The Labute approximate surface area is 111 Å². The molecule has 3 nitrogen and oxygen atoms in total. The highest BCUT2D eigenvalue weighted by molar-refractivity contribution is 5.78. The molecule has 2 aliphatic carbocycles. The van der Waals surface area contributed by atoms with E-state index in [4.69, 9.17) is 5.73 Å². The predicted molar refractivity (Wildman–Crippen MR) is 74.1 cm³/mol. The van der Waals surface area contributed by atoms with Crippen molar-refractivity contribution in [1.29, 1.82) is 0 Å². The van der Waals surface area contributed by atoms with E-state index in [2.05, 4.69) is 5.32 Å². The molecule has 104 valence electrons. The topological polar surface area (TPSA) is 55.1 Å². The van der Waals surface area contributed by atoms with Crippen molar-refractivity contribution in [2.24, 2.45) is 23.5 Å². The number of hydrogen-bond donors (Lipinski definition) is 2. The highest BCUT2D eigenvalue weighted by atomic mass is 16.1. The molecule has 3 heteroatoms. The van der Waals surface area contributed by atoms with Crippen LogP contribution < -0.4 is 11.1 Å². The van der Waals surface area contributed by atoms with Gasteiger partial charge in [-0.05, 0) is 44.9 Å². The zero-order valence-electron chi connectivity index (χ0n) is 11.9. The Hall–Kier alpha value is -0.570. The third kappa shape index (κ3) is 3.71. The fraction of sp³-hybridized carbons (Fsp3) is 0.933. The Balaban J connectivity index is 1.81. The average Bonchev–Trinajstić information content (AvgIpc) is 2.34. The summed E-state index contributed by atoms with van der Waals surface area (Å²) in [5.41, 5.74) is 5.60. The lowest BCUT2D eigenvalue weighted by Crippen LogP contribution is -2.47. The second kappa shape index (κ2) is 5.60. The zero-order valence-corrected chi connectivity index (χ0v) is 11.9. The number of carbonyl (C=O) groups is 1. The van der Waals surface area contributed by atoms with Gasteiger partial charge in [-0.3, -0.25) is 4.79 Å². The van der Waals surface area contributed by atoms with Gasteiger partial charge in [0, 0.05) is 18.0 Å². The number of nitrogens with one attached hydrogen (secondary N) is 1. The molecule has 3 atom stereocenters. The quantitative estimate of drug-likeness (QED) is 0.810. The molecule has 1 amide bonds. The van der Waals surface area contributed by atoms with Gasteiger partial charge < -0.3 is 11.1 Å². The molecule has 0 heterocycles. The minimum Gasteiger partial charge on any atom is -0.354 e. The Morgan fingerprint density at radius 1 is 1.17 bits per heavy atom. The van der Waals surface area contributed by atoms with Gasteiger partial charge in [0.05, 0.1) is 0 Å². The van der Waals surface area contributed by atoms with Crippen LogP contribution in [0.3, 0.4) is 0 Å². The van der Waals surface area contributed by atoms with Crippen LogP contribution in [0.15, 0.2) is 0 Å². The fourth-order valence-electron chi connectivity index (χ4n) is 3.57. The maximum Gasteiger partial charge on any atom is 0.223 e. The molecule has 0 radical (unpaired) electrons. The first-order valence-electron chi connectivity index (χ1n) is 7.52. The van der Waals surface area contributed by atoms with Crippen LogP contribution in [0.25, 0.3) is 0 Å². The number of nitrogens with two attached hydrogens (primary N) is 1. The molecular weight excluding hydrogens is 224 g/mol. The summed E-state index contributed by atoms with van der Waals surface area (Å²) in [4.78, 5) is 12.2. The molecule has 0 bridgehead atoms. The molecule has 2 aliphatic rings. The Bertz CT molecular complexity index is 295. The molecule has 2 saturated carbocycles. The maximum atomic E-state index is 12.2. The van der Waals surface area contributed by atoms with Crippen LogP contribution in [0.4, 0.5) is 0 Å². The molecule has 0 aromatic rings. The third-order valence-electron chi connectivity index (χ3n) is 4.63. The summed E-state index contributed by atoms with van der Waals surface area (Å²) in [6, 6.07) is 0. The smallest absolute Gasteiger partial charge is 0.223 e. The summed E-state index contributed by atoms with van der Waals surface area (Å²) >= 11 is 0. The van der Waals surface area contributed by atoms with Crippen LogP contribution in [0.2, 0.25) is 0 Å². The number of hydrogen-bond acceptors (Lipinski definition) is 2. The molecule has 0 aromatic carbocycles. The first-order chi connectivity index (χ1) is 8.46. The van der Waals surface area contributed by atoms with E-state index in [1.54, 1.807) is 0 Å². The molecule has 0 aromatic heterocycles. The highest BCUT2D eigenvalue weighted by Gasteiger charge is 2.35. The summed E-state index contributed by atoms with van der Waals surface area (Å²) in [7, 11) is 0. The molecule has 18 heavy (non-hydrogen) atoms.